The van der Waals surface area contributed by atoms with E-state index in [1.165, 1.54) is 0 Å². The molecule has 8 heteroatoms. The Morgan fingerprint density at radius 2 is 2.07 bits per heavy atom. The van der Waals surface area contributed by atoms with Crippen molar-refractivity contribution in [2.45, 2.75) is 13.0 Å². The molecule has 1 amide bonds. The molecule has 0 bridgehead atoms. The van der Waals surface area contributed by atoms with Gasteiger partial charge < -0.3 is 25.0 Å². The fraction of sp³-hybridized carbons (Fsp3) is 0.545. The van der Waals surface area contributed by atoms with Gasteiger partial charge in [0.2, 0.25) is 5.91 Å². The highest BCUT2D eigenvalue weighted by atomic mass is 16.5. The van der Waals surface area contributed by atoms with Gasteiger partial charge in [0.1, 0.15) is 12.4 Å². The van der Waals surface area contributed by atoms with E-state index in [2.05, 4.69) is 27.1 Å². The standard InChI is InChI=1S/C22H35N5O3/c1-4-14-30-20-9-6-5-8-19(20)17-24-22(25-18-21(28)26(2)3)23-10-7-11-27-12-15-29-16-13-27/h4-6,8-9H,1,7,10-18H2,2-3H3,(H2,23,24,25). The number of nitrogens with zero attached hydrogens (tertiary/aromatic N) is 3. The number of carbonyl (C=O) groups is 1. The SMILES string of the molecule is C=CCOc1ccccc1CN=C(NCCCN1CCOCC1)NCC(=O)N(C)C. The molecule has 1 heterocycles. The first-order valence-corrected chi connectivity index (χ1v) is 10.4. The molecule has 0 radical (unpaired) electrons. The summed E-state index contributed by atoms with van der Waals surface area (Å²) >= 11 is 0. The number of rotatable bonds is 11. The number of aliphatic imine (C=N–C) groups is 1. The lowest BCUT2D eigenvalue weighted by Crippen LogP contribution is -2.44. The fourth-order valence-electron chi connectivity index (χ4n) is 2.91. The summed E-state index contributed by atoms with van der Waals surface area (Å²) in [4.78, 5) is 20.6. The lowest BCUT2D eigenvalue weighted by molar-refractivity contribution is -0.127. The van der Waals surface area contributed by atoms with Crippen molar-refractivity contribution in [2.24, 2.45) is 4.99 Å². The number of ether oxygens (including phenoxy) is 2. The minimum absolute atomic E-state index is 0.00691. The van der Waals surface area contributed by atoms with Gasteiger partial charge in [0.15, 0.2) is 5.96 Å². The predicted molar refractivity (Wildman–Crippen MR) is 120 cm³/mol. The van der Waals surface area contributed by atoms with Gasteiger partial charge in [0, 0.05) is 39.3 Å². The zero-order valence-electron chi connectivity index (χ0n) is 18.2. The number of carbonyl (C=O) groups excluding carboxylic acids is 1. The maximum Gasteiger partial charge on any atom is 0.241 e. The van der Waals surface area contributed by atoms with Crippen LogP contribution in [0.5, 0.6) is 5.75 Å². The van der Waals surface area contributed by atoms with Gasteiger partial charge in [-0.15, -0.1) is 0 Å². The molecule has 30 heavy (non-hydrogen) atoms. The normalized spacial score (nSPS) is 14.8. The molecule has 166 valence electrons. The van der Waals surface area contributed by atoms with E-state index < -0.39 is 0 Å². The van der Waals surface area contributed by atoms with Gasteiger partial charge >= 0.3 is 0 Å². The van der Waals surface area contributed by atoms with Crippen molar-refractivity contribution in [3.63, 3.8) is 0 Å². The summed E-state index contributed by atoms with van der Waals surface area (Å²) in [7, 11) is 3.48. The molecule has 1 aromatic rings. The van der Waals surface area contributed by atoms with Crippen LogP contribution in [-0.4, -0.2) is 88.3 Å². The molecule has 0 spiro atoms. The Morgan fingerprint density at radius 3 is 2.80 bits per heavy atom. The van der Waals surface area contributed by atoms with Crippen LogP contribution >= 0.6 is 0 Å². The summed E-state index contributed by atoms with van der Waals surface area (Å²) in [5, 5.41) is 6.47. The van der Waals surface area contributed by atoms with Crippen LogP contribution in [0, 0.1) is 0 Å². The number of nitrogens with one attached hydrogen (secondary N) is 2. The van der Waals surface area contributed by atoms with Crippen LogP contribution in [-0.2, 0) is 16.1 Å². The number of likely N-dealkylation sites (N-methyl/N-ethyl adjacent to an activating group) is 1. The van der Waals surface area contributed by atoms with Crippen LogP contribution in [0.25, 0.3) is 0 Å². The average molecular weight is 418 g/mol. The quantitative estimate of drug-likeness (QED) is 0.243. The number of hydrogen-bond acceptors (Lipinski definition) is 5. The summed E-state index contributed by atoms with van der Waals surface area (Å²) < 4.78 is 11.1. The van der Waals surface area contributed by atoms with E-state index in [1.807, 2.05) is 24.3 Å². The van der Waals surface area contributed by atoms with Gasteiger partial charge in [-0.3, -0.25) is 9.69 Å². The molecule has 0 aliphatic carbocycles. The first-order chi connectivity index (χ1) is 14.6. The Bertz CT molecular complexity index is 687. The molecule has 0 unspecified atom stereocenters. The van der Waals surface area contributed by atoms with E-state index in [1.54, 1.807) is 25.1 Å². The molecule has 0 saturated carbocycles. The average Bonchev–Trinajstić information content (AvgIpc) is 2.77. The third-order valence-electron chi connectivity index (χ3n) is 4.69. The Morgan fingerprint density at radius 1 is 1.30 bits per heavy atom. The highest BCUT2D eigenvalue weighted by Gasteiger charge is 2.10. The minimum Gasteiger partial charge on any atom is -0.489 e. The maximum atomic E-state index is 12.0. The van der Waals surface area contributed by atoms with Crippen LogP contribution in [0.2, 0.25) is 0 Å². The molecule has 1 aromatic carbocycles. The van der Waals surface area contributed by atoms with Crippen LogP contribution in [0.4, 0.5) is 0 Å². The number of benzene rings is 1. The van der Waals surface area contributed by atoms with E-state index in [-0.39, 0.29) is 12.5 Å². The first kappa shape index (κ1) is 23.7. The molecule has 0 atom stereocenters. The van der Waals surface area contributed by atoms with Gasteiger partial charge in [0.25, 0.3) is 0 Å². The van der Waals surface area contributed by atoms with Crippen LogP contribution in [0.1, 0.15) is 12.0 Å². The Hall–Kier alpha value is -2.58. The van der Waals surface area contributed by atoms with Crippen molar-refractivity contribution in [3.8, 4) is 5.75 Å². The third kappa shape index (κ3) is 8.84. The summed E-state index contributed by atoms with van der Waals surface area (Å²) in [6, 6.07) is 7.81. The van der Waals surface area contributed by atoms with Crippen molar-refractivity contribution >= 4 is 11.9 Å². The number of morpholine rings is 1. The van der Waals surface area contributed by atoms with Gasteiger partial charge in [-0.2, -0.15) is 0 Å². The zero-order chi connectivity index (χ0) is 21.6. The molecule has 1 saturated heterocycles. The Labute approximate surface area is 179 Å². The summed E-state index contributed by atoms with van der Waals surface area (Å²) in [6.07, 6.45) is 2.71. The summed E-state index contributed by atoms with van der Waals surface area (Å²) in [5.41, 5.74) is 0.979. The van der Waals surface area contributed by atoms with Crippen molar-refractivity contribution < 1.29 is 14.3 Å². The maximum absolute atomic E-state index is 12.0. The monoisotopic (exact) mass is 417 g/mol. The highest BCUT2D eigenvalue weighted by Crippen LogP contribution is 2.18. The summed E-state index contributed by atoms with van der Waals surface area (Å²) in [5.74, 6) is 1.40. The van der Waals surface area contributed by atoms with Gasteiger partial charge in [0.05, 0.1) is 26.3 Å². The molecule has 2 rings (SSSR count). The zero-order valence-corrected chi connectivity index (χ0v) is 18.2. The van der Waals surface area contributed by atoms with E-state index in [4.69, 9.17) is 9.47 Å². The van der Waals surface area contributed by atoms with Gasteiger partial charge in [-0.1, -0.05) is 30.9 Å². The van der Waals surface area contributed by atoms with Crippen molar-refractivity contribution in [3.05, 3.63) is 42.5 Å². The molecular formula is C22H35N5O3. The molecule has 1 aliphatic rings. The van der Waals surface area contributed by atoms with Crippen molar-refractivity contribution in [2.75, 3.05) is 66.6 Å². The van der Waals surface area contributed by atoms with Crippen molar-refractivity contribution in [1.82, 2.24) is 20.4 Å². The lowest BCUT2D eigenvalue weighted by Gasteiger charge is -2.26. The van der Waals surface area contributed by atoms with E-state index >= 15 is 0 Å². The number of amides is 1. The number of hydrogen-bond donors (Lipinski definition) is 2. The second-order valence-electron chi connectivity index (χ2n) is 7.25. The van der Waals surface area contributed by atoms with Crippen LogP contribution < -0.4 is 15.4 Å². The second-order valence-corrected chi connectivity index (χ2v) is 7.25. The molecule has 2 N–H and O–H groups in total. The van der Waals surface area contributed by atoms with Crippen LogP contribution in [0.3, 0.4) is 0 Å². The smallest absolute Gasteiger partial charge is 0.241 e. The Balaban J connectivity index is 1.92. The third-order valence-corrected chi connectivity index (χ3v) is 4.69. The Kier molecular flexibility index (Phi) is 10.7. The second kappa shape index (κ2) is 13.6. The lowest BCUT2D eigenvalue weighted by atomic mass is 10.2. The van der Waals surface area contributed by atoms with Gasteiger partial charge in [-0.25, -0.2) is 4.99 Å². The number of guanidine groups is 1. The predicted octanol–water partition coefficient (Wildman–Crippen LogP) is 1.10. The van der Waals surface area contributed by atoms with E-state index in [0.717, 1.165) is 57.1 Å². The highest BCUT2D eigenvalue weighted by molar-refractivity contribution is 5.86. The minimum atomic E-state index is -0.00691. The molecule has 1 fully saturated rings. The van der Waals surface area contributed by atoms with E-state index in [0.29, 0.717) is 19.1 Å². The number of para-hydroxylation sites is 1. The first-order valence-electron chi connectivity index (χ1n) is 10.4. The van der Waals surface area contributed by atoms with Crippen molar-refractivity contribution in [1.29, 1.82) is 0 Å². The molecular weight excluding hydrogens is 382 g/mol. The molecule has 8 nitrogen and oxygen atoms in total. The molecule has 1 aliphatic heterocycles. The van der Waals surface area contributed by atoms with Crippen LogP contribution in [0.15, 0.2) is 41.9 Å². The van der Waals surface area contributed by atoms with E-state index in [9.17, 15) is 4.79 Å². The largest absolute Gasteiger partial charge is 0.489 e. The fourth-order valence-corrected chi connectivity index (χ4v) is 2.91. The topological polar surface area (TPSA) is 78.4 Å². The summed E-state index contributed by atoms with van der Waals surface area (Å²) in [6.45, 7) is 10.1. The van der Waals surface area contributed by atoms with Gasteiger partial charge in [-0.05, 0) is 19.0 Å². The molecule has 0 aromatic heterocycles.